The number of halogens is 6. The summed E-state index contributed by atoms with van der Waals surface area (Å²) in [6.45, 7) is -0.460. The number of nitrogens with zero attached hydrogens (tertiary/aromatic N) is 6. The van der Waals surface area contributed by atoms with Crippen molar-refractivity contribution >= 4 is 17.6 Å². The van der Waals surface area contributed by atoms with E-state index in [0.29, 0.717) is 6.20 Å². The number of amides is 3. The number of hydrogen-bond acceptors (Lipinski definition) is 8. The highest BCUT2D eigenvalue weighted by molar-refractivity contribution is 5.91. The molecule has 0 spiro atoms. The molecule has 1 unspecified atom stereocenters. The zero-order valence-electron chi connectivity index (χ0n) is 17.9. The summed E-state index contributed by atoms with van der Waals surface area (Å²) in [5.74, 6) is -1.56. The fourth-order valence-electron chi connectivity index (χ4n) is 2.70. The van der Waals surface area contributed by atoms with Crippen LogP contribution < -0.4 is 21.1 Å². The van der Waals surface area contributed by atoms with Crippen LogP contribution in [0.3, 0.4) is 0 Å². The number of urea groups is 1. The van der Waals surface area contributed by atoms with E-state index < -0.39 is 54.1 Å². The second-order valence-electron chi connectivity index (χ2n) is 6.94. The molecule has 0 radical (unpaired) electrons. The van der Waals surface area contributed by atoms with Crippen molar-refractivity contribution in [2.45, 2.75) is 25.3 Å². The van der Waals surface area contributed by atoms with Crippen LogP contribution in [-0.2, 0) is 6.18 Å². The third-order valence-electron chi connectivity index (χ3n) is 4.23. The van der Waals surface area contributed by atoms with Gasteiger partial charge in [0.05, 0.1) is 12.2 Å². The normalized spacial score (nSPS) is 12.6. The molecule has 0 aromatic carbocycles. The molecule has 0 aliphatic heterocycles. The third kappa shape index (κ3) is 6.54. The second kappa shape index (κ2) is 10.0. The SMILES string of the molecule is CC(NC(=O)Nc1cnc(C(F)(F)F)cc1OCC(F)(F)F)c1ncnn1-c1cc(C(N)=O)ncn1. The molecule has 0 saturated heterocycles. The minimum atomic E-state index is -4.97. The molecule has 0 aliphatic rings. The number of nitrogens with two attached hydrogens (primary N) is 1. The van der Waals surface area contributed by atoms with Crippen LogP contribution in [0.2, 0.25) is 0 Å². The van der Waals surface area contributed by atoms with Crippen LogP contribution in [-0.4, -0.2) is 54.4 Å². The largest absolute Gasteiger partial charge is 0.482 e. The number of carbonyl (C=O) groups is 2. The summed E-state index contributed by atoms with van der Waals surface area (Å²) >= 11 is 0. The fourth-order valence-corrected chi connectivity index (χ4v) is 2.70. The minimum Gasteiger partial charge on any atom is -0.482 e. The molecular weight excluding hydrogens is 504 g/mol. The number of carbonyl (C=O) groups excluding carboxylic acids is 2. The number of anilines is 1. The molecule has 3 rings (SSSR count). The number of primary amides is 1. The molecule has 0 aliphatic carbocycles. The molecule has 36 heavy (non-hydrogen) atoms. The Hall–Kier alpha value is -4.51. The molecule has 1 atom stereocenters. The van der Waals surface area contributed by atoms with Gasteiger partial charge in [0.1, 0.15) is 35.5 Å². The molecule has 192 valence electrons. The summed E-state index contributed by atoms with van der Waals surface area (Å²) in [4.78, 5) is 38.5. The Balaban J connectivity index is 1.79. The maximum atomic E-state index is 12.9. The zero-order chi connectivity index (χ0) is 26.7. The molecule has 3 amide bonds. The van der Waals surface area contributed by atoms with Gasteiger partial charge in [-0.05, 0) is 6.92 Å². The summed E-state index contributed by atoms with van der Waals surface area (Å²) in [6.07, 6.45) is -7.15. The average Bonchev–Trinajstić information content (AvgIpc) is 3.27. The van der Waals surface area contributed by atoms with Crippen LogP contribution in [0.15, 0.2) is 31.0 Å². The number of rotatable bonds is 7. The summed E-state index contributed by atoms with van der Waals surface area (Å²) in [6, 6.07) is -0.532. The van der Waals surface area contributed by atoms with Gasteiger partial charge in [0, 0.05) is 12.1 Å². The van der Waals surface area contributed by atoms with E-state index in [1.165, 1.54) is 13.0 Å². The van der Waals surface area contributed by atoms with Gasteiger partial charge in [-0.25, -0.2) is 24.7 Å². The lowest BCUT2D eigenvalue weighted by Gasteiger charge is -2.18. The Bertz CT molecular complexity index is 1260. The van der Waals surface area contributed by atoms with Crippen LogP contribution in [0, 0.1) is 0 Å². The van der Waals surface area contributed by atoms with E-state index in [9.17, 15) is 35.9 Å². The summed E-state index contributed by atoms with van der Waals surface area (Å²) in [5.41, 5.74) is 2.98. The maximum Gasteiger partial charge on any atom is 0.433 e. The molecule has 0 fully saturated rings. The van der Waals surface area contributed by atoms with Gasteiger partial charge in [0.15, 0.2) is 18.2 Å². The molecule has 3 heterocycles. The summed E-state index contributed by atoms with van der Waals surface area (Å²) in [5, 5.41) is 8.41. The van der Waals surface area contributed by atoms with E-state index in [4.69, 9.17) is 5.73 Å². The molecule has 3 aromatic heterocycles. The molecule has 4 N–H and O–H groups in total. The van der Waals surface area contributed by atoms with Crippen molar-refractivity contribution in [1.29, 1.82) is 0 Å². The Labute approximate surface area is 196 Å². The number of nitrogens with one attached hydrogen (secondary N) is 2. The highest BCUT2D eigenvalue weighted by Gasteiger charge is 2.35. The van der Waals surface area contributed by atoms with Crippen LogP contribution in [0.25, 0.3) is 5.82 Å². The van der Waals surface area contributed by atoms with E-state index in [1.54, 1.807) is 0 Å². The van der Waals surface area contributed by atoms with Gasteiger partial charge in [-0.1, -0.05) is 0 Å². The van der Waals surface area contributed by atoms with Gasteiger partial charge in [0.2, 0.25) is 0 Å². The first-order valence-electron chi connectivity index (χ1n) is 9.61. The van der Waals surface area contributed by atoms with Crippen LogP contribution in [0.4, 0.5) is 36.8 Å². The van der Waals surface area contributed by atoms with Crippen molar-refractivity contribution in [3.05, 3.63) is 48.2 Å². The molecule has 3 aromatic rings. The van der Waals surface area contributed by atoms with Crippen molar-refractivity contribution in [1.82, 2.24) is 35.0 Å². The number of ether oxygens (including phenoxy) is 1. The van der Waals surface area contributed by atoms with Crippen molar-refractivity contribution in [3.8, 4) is 11.6 Å². The van der Waals surface area contributed by atoms with E-state index in [2.05, 4.69) is 40.4 Å². The smallest absolute Gasteiger partial charge is 0.433 e. The molecule has 12 nitrogen and oxygen atoms in total. The van der Waals surface area contributed by atoms with Crippen LogP contribution in [0.1, 0.15) is 35.0 Å². The van der Waals surface area contributed by atoms with E-state index in [1.807, 2.05) is 0 Å². The fraction of sp³-hybridized carbons (Fsp3) is 0.278. The highest BCUT2D eigenvalue weighted by Crippen LogP contribution is 2.34. The first kappa shape index (κ1) is 26.1. The number of alkyl halides is 6. The first-order chi connectivity index (χ1) is 16.7. The molecule has 0 bridgehead atoms. The second-order valence-corrected chi connectivity index (χ2v) is 6.94. The van der Waals surface area contributed by atoms with Crippen LogP contribution in [0.5, 0.6) is 5.75 Å². The Morgan fingerprint density at radius 3 is 2.44 bits per heavy atom. The van der Waals surface area contributed by atoms with Gasteiger partial charge in [-0.2, -0.15) is 36.1 Å². The molecular formula is C18H15F6N9O3. The number of pyridine rings is 1. The zero-order valence-corrected chi connectivity index (χ0v) is 17.9. The van der Waals surface area contributed by atoms with Crippen LogP contribution >= 0.6 is 0 Å². The van der Waals surface area contributed by atoms with E-state index in [-0.39, 0.29) is 23.4 Å². The van der Waals surface area contributed by atoms with Gasteiger partial charge >= 0.3 is 18.4 Å². The minimum absolute atomic E-state index is 0.0788. The van der Waals surface area contributed by atoms with E-state index >= 15 is 0 Å². The predicted molar refractivity (Wildman–Crippen MR) is 107 cm³/mol. The van der Waals surface area contributed by atoms with Gasteiger partial charge in [0.25, 0.3) is 5.91 Å². The standard InChI is InChI=1S/C18H15F6N9O3/c1-8(15-29-7-30-33(15)13-2-9(14(25)34)27-6-28-13)31-16(35)32-10-4-26-12(18(22,23)24)3-11(10)36-5-17(19,20)21/h2-4,6-8H,5H2,1H3,(H2,25,34)(H2,31,32,35). The topological polar surface area (TPSA) is 163 Å². The van der Waals surface area contributed by atoms with Crippen molar-refractivity contribution in [2.24, 2.45) is 5.73 Å². The Morgan fingerprint density at radius 1 is 1.08 bits per heavy atom. The van der Waals surface area contributed by atoms with Crippen molar-refractivity contribution in [2.75, 3.05) is 11.9 Å². The lowest BCUT2D eigenvalue weighted by molar-refractivity contribution is -0.153. The van der Waals surface area contributed by atoms with Gasteiger partial charge < -0.3 is 21.1 Å². The highest BCUT2D eigenvalue weighted by atomic mass is 19.4. The summed E-state index contributed by atoms with van der Waals surface area (Å²) in [7, 11) is 0. The van der Waals surface area contributed by atoms with Gasteiger partial charge in [-0.3, -0.25) is 4.79 Å². The Kier molecular flexibility index (Phi) is 7.25. The van der Waals surface area contributed by atoms with Crippen molar-refractivity contribution in [3.63, 3.8) is 0 Å². The Morgan fingerprint density at radius 2 is 1.81 bits per heavy atom. The third-order valence-corrected chi connectivity index (χ3v) is 4.23. The number of hydrogen-bond donors (Lipinski definition) is 3. The maximum absolute atomic E-state index is 12.9. The average molecular weight is 519 g/mol. The predicted octanol–water partition coefficient (Wildman–Crippen LogP) is 2.39. The monoisotopic (exact) mass is 519 g/mol. The van der Waals surface area contributed by atoms with Crippen molar-refractivity contribution < 1.29 is 40.7 Å². The molecule has 18 heteroatoms. The summed E-state index contributed by atoms with van der Waals surface area (Å²) < 4.78 is 82.0. The van der Waals surface area contributed by atoms with E-state index in [0.717, 1.165) is 17.3 Å². The first-order valence-corrected chi connectivity index (χ1v) is 9.61. The molecule has 0 saturated carbocycles. The van der Waals surface area contributed by atoms with Gasteiger partial charge in [-0.15, -0.1) is 0 Å². The quantitative estimate of drug-likeness (QED) is 0.401. The number of aromatic nitrogens is 6. The lowest BCUT2D eigenvalue weighted by Crippen LogP contribution is -2.33. The lowest BCUT2D eigenvalue weighted by atomic mass is 10.3.